The highest BCUT2D eigenvalue weighted by atomic mass is 16.5. The summed E-state index contributed by atoms with van der Waals surface area (Å²) in [6.45, 7) is 3.17. The van der Waals surface area contributed by atoms with Crippen LogP contribution in [0.3, 0.4) is 0 Å². The lowest BCUT2D eigenvalue weighted by atomic mass is 10.00. The fourth-order valence-corrected chi connectivity index (χ4v) is 4.42. The lowest BCUT2D eigenvalue weighted by Crippen LogP contribution is -2.37. The highest BCUT2D eigenvalue weighted by Crippen LogP contribution is 2.32. The van der Waals surface area contributed by atoms with Crippen LogP contribution in [-0.4, -0.2) is 34.2 Å². The number of rotatable bonds is 5. The number of carbonyl (C=O) groups is 1. The van der Waals surface area contributed by atoms with Crippen LogP contribution in [0.5, 0.6) is 5.75 Å². The molecule has 6 nitrogen and oxygen atoms in total. The van der Waals surface area contributed by atoms with E-state index in [1.807, 2.05) is 54.3 Å². The van der Waals surface area contributed by atoms with Gasteiger partial charge in [0, 0.05) is 18.5 Å². The Labute approximate surface area is 182 Å². The first-order valence-electron chi connectivity index (χ1n) is 11.1. The van der Waals surface area contributed by atoms with Gasteiger partial charge in [0.25, 0.3) is 11.5 Å². The Balaban J connectivity index is 1.79. The number of hydrogen-bond acceptors (Lipinski definition) is 4. The average molecular weight is 420 g/mol. The van der Waals surface area contributed by atoms with E-state index in [4.69, 9.17) is 4.74 Å². The lowest BCUT2D eigenvalue weighted by Gasteiger charge is -2.30. The second-order valence-electron chi connectivity index (χ2n) is 8.06. The topological polar surface area (TPSA) is 64.4 Å². The van der Waals surface area contributed by atoms with E-state index in [1.54, 1.807) is 13.2 Å². The van der Waals surface area contributed by atoms with Crippen LogP contribution in [0.25, 0.3) is 10.8 Å². The maximum atomic E-state index is 13.9. The van der Waals surface area contributed by atoms with Crippen molar-refractivity contribution in [1.29, 1.82) is 0 Å². The van der Waals surface area contributed by atoms with Gasteiger partial charge in [0.15, 0.2) is 5.69 Å². The summed E-state index contributed by atoms with van der Waals surface area (Å²) in [5, 5.41) is 5.72. The largest absolute Gasteiger partial charge is 0.497 e. The van der Waals surface area contributed by atoms with E-state index in [2.05, 4.69) is 5.10 Å². The van der Waals surface area contributed by atoms with Crippen LogP contribution in [0, 0.1) is 0 Å². The van der Waals surface area contributed by atoms with E-state index in [0.29, 0.717) is 29.6 Å². The Morgan fingerprint density at radius 2 is 1.81 bits per heavy atom. The Bertz CT molecular complexity index is 1120. The number of likely N-dealkylation sites (tertiary alicyclic amines) is 1. The van der Waals surface area contributed by atoms with Gasteiger partial charge in [0.2, 0.25) is 0 Å². The molecule has 1 fully saturated rings. The second-order valence-corrected chi connectivity index (χ2v) is 8.06. The summed E-state index contributed by atoms with van der Waals surface area (Å²) >= 11 is 0. The number of amides is 1. The fraction of sp³-hybridized carbons (Fsp3) is 0.400. The Hall–Kier alpha value is -3.15. The molecule has 0 radical (unpaired) electrons. The van der Waals surface area contributed by atoms with Crippen molar-refractivity contribution in [1.82, 2.24) is 14.7 Å². The van der Waals surface area contributed by atoms with Crippen molar-refractivity contribution >= 4 is 16.7 Å². The summed E-state index contributed by atoms with van der Waals surface area (Å²) in [6, 6.07) is 15.2. The van der Waals surface area contributed by atoms with Crippen molar-refractivity contribution in [3.63, 3.8) is 0 Å². The molecule has 0 N–H and O–H groups in total. The first-order valence-corrected chi connectivity index (χ1v) is 11.1. The minimum absolute atomic E-state index is 0.0204. The molecule has 162 valence electrons. The molecule has 31 heavy (non-hydrogen) atoms. The molecule has 1 amide bonds. The minimum Gasteiger partial charge on any atom is -0.497 e. The Morgan fingerprint density at radius 3 is 2.52 bits per heavy atom. The molecular weight excluding hydrogens is 390 g/mol. The number of carbonyl (C=O) groups excluding carboxylic acids is 1. The van der Waals surface area contributed by atoms with E-state index in [9.17, 15) is 9.59 Å². The molecule has 1 aliphatic heterocycles. The van der Waals surface area contributed by atoms with Gasteiger partial charge in [-0.15, -0.1) is 0 Å². The van der Waals surface area contributed by atoms with Crippen molar-refractivity contribution in [2.75, 3.05) is 13.7 Å². The van der Waals surface area contributed by atoms with Crippen molar-refractivity contribution in [2.24, 2.45) is 0 Å². The number of benzene rings is 2. The summed E-state index contributed by atoms with van der Waals surface area (Å²) in [7, 11) is 1.65. The van der Waals surface area contributed by atoms with Crippen LogP contribution >= 0.6 is 0 Å². The van der Waals surface area contributed by atoms with Crippen molar-refractivity contribution in [2.45, 2.75) is 51.6 Å². The molecule has 0 spiro atoms. The Morgan fingerprint density at radius 1 is 1.06 bits per heavy atom. The van der Waals surface area contributed by atoms with Gasteiger partial charge in [0.1, 0.15) is 5.75 Å². The zero-order chi connectivity index (χ0) is 21.8. The number of ether oxygens (including phenoxy) is 1. The molecule has 1 unspecified atom stereocenters. The molecular formula is C25H29N3O3. The third-order valence-corrected chi connectivity index (χ3v) is 6.02. The van der Waals surface area contributed by atoms with Crippen LogP contribution in [0.1, 0.15) is 61.1 Å². The number of nitrogens with zero attached hydrogens (tertiary/aromatic N) is 3. The number of aromatic nitrogens is 2. The molecule has 0 bridgehead atoms. The van der Waals surface area contributed by atoms with E-state index in [0.717, 1.165) is 43.4 Å². The predicted molar refractivity (Wildman–Crippen MR) is 122 cm³/mol. The second kappa shape index (κ2) is 9.33. The predicted octanol–water partition coefficient (Wildman–Crippen LogP) is 4.57. The molecule has 3 aromatic rings. The third-order valence-electron chi connectivity index (χ3n) is 6.02. The molecule has 4 rings (SSSR count). The summed E-state index contributed by atoms with van der Waals surface area (Å²) in [5.74, 6) is 0.693. The normalized spacial score (nSPS) is 16.8. The van der Waals surface area contributed by atoms with Crippen molar-refractivity contribution in [3.05, 3.63) is 70.1 Å². The molecule has 0 aliphatic carbocycles. The molecule has 1 aromatic heterocycles. The minimum atomic E-state index is -0.142. The zero-order valence-electron chi connectivity index (χ0n) is 18.2. The van der Waals surface area contributed by atoms with E-state index >= 15 is 0 Å². The van der Waals surface area contributed by atoms with Gasteiger partial charge in [-0.1, -0.05) is 50.1 Å². The maximum Gasteiger partial charge on any atom is 0.275 e. The van der Waals surface area contributed by atoms with Crippen molar-refractivity contribution in [3.8, 4) is 5.75 Å². The van der Waals surface area contributed by atoms with Crippen molar-refractivity contribution < 1.29 is 9.53 Å². The first-order chi connectivity index (χ1) is 15.1. The average Bonchev–Trinajstić information content (AvgIpc) is 3.07. The first kappa shape index (κ1) is 21.1. The third kappa shape index (κ3) is 4.20. The summed E-state index contributed by atoms with van der Waals surface area (Å²) in [5.41, 5.74) is 1.32. The SMILES string of the molecule is CCCn1nc(C(=O)N2CCCCCC2c2ccc(OC)cc2)c2ccccc2c1=O. The lowest BCUT2D eigenvalue weighted by molar-refractivity contribution is 0.0674. The molecule has 1 atom stereocenters. The van der Waals surface area contributed by atoms with E-state index in [1.165, 1.54) is 4.68 Å². The quantitative estimate of drug-likeness (QED) is 0.608. The van der Waals surface area contributed by atoms with Gasteiger partial charge in [-0.05, 0) is 43.0 Å². The number of fused-ring (bicyclic) bond motifs is 1. The van der Waals surface area contributed by atoms with Gasteiger partial charge >= 0.3 is 0 Å². The van der Waals surface area contributed by atoms with Gasteiger partial charge in [-0.3, -0.25) is 9.59 Å². The molecule has 2 heterocycles. The van der Waals surface area contributed by atoms with Crippen LogP contribution in [0.15, 0.2) is 53.3 Å². The number of aryl methyl sites for hydroxylation is 1. The molecule has 6 heteroatoms. The molecule has 1 saturated heterocycles. The van der Waals surface area contributed by atoms with E-state index in [-0.39, 0.29) is 17.5 Å². The van der Waals surface area contributed by atoms with Gasteiger partial charge in [0.05, 0.1) is 18.5 Å². The zero-order valence-corrected chi connectivity index (χ0v) is 18.2. The maximum absolute atomic E-state index is 13.9. The summed E-state index contributed by atoms with van der Waals surface area (Å²) < 4.78 is 6.74. The Kier molecular flexibility index (Phi) is 6.35. The van der Waals surface area contributed by atoms with Crippen LogP contribution < -0.4 is 10.3 Å². The molecule has 1 aliphatic rings. The highest BCUT2D eigenvalue weighted by molar-refractivity contribution is 6.05. The van der Waals surface area contributed by atoms with Gasteiger partial charge < -0.3 is 9.64 Å². The van der Waals surface area contributed by atoms with Crippen LogP contribution in [0.2, 0.25) is 0 Å². The number of methoxy groups -OCH3 is 1. The smallest absolute Gasteiger partial charge is 0.275 e. The van der Waals surface area contributed by atoms with E-state index < -0.39 is 0 Å². The molecule has 0 saturated carbocycles. The number of hydrogen-bond donors (Lipinski definition) is 0. The summed E-state index contributed by atoms with van der Waals surface area (Å²) in [6.07, 6.45) is 4.82. The fourth-order valence-electron chi connectivity index (χ4n) is 4.42. The monoisotopic (exact) mass is 419 g/mol. The standard InChI is InChI=1S/C25H29N3O3/c1-3-16-28-24(29)21-10-7-6-9-20(21)23(26-28)25(30)27-17-8-4-5-11-22(27)18-12-14-19(31-2)15-13-18/h6-7,9-10,12-15,22H,3-5,8,11,16-17H2,1-2H3. The van der Waals surface area contributed by atoms with Gasteiger partial charge in [-0.25, -0.2) is 4.68 Å². The summed E-state index contributed by atoms with van der Waals surface area (Å²) in [4.78, 5) is 28.6. The molecule has 2 aromatic carbocycles. The highest BCUT2D eigenvalue weighted by Gasteiger charge is 2.30. The van der Waals surface area contributed by atoms with Crippen LogP contribution in [-0.2, 0) is 6.54 Å². The van der Waals surface area contributed by atoms with Gasteiger partial charge in [-0.2, -0.15) is 5.10 Å². The van der Waals surface area contributed by atoms with Crippen LogP contribution in [0.4, 0.5) is 0 Å².